The summed E-state index contributed by atoms with van der Waals surface area (Å²) in [7, 11) is 0. The summed E-state index contributed by atoms with van der Waals surface area (Å²) in [5, 5.41) is 11.2. The number of carbonyl (C=O) groups excluding carboxylic acids is 1. The van der Waals surface area contributed by atoms with E-state index in [2.05, 4.69) is 27.1 Å². The van der Waals surface area contributed by atoms with E-state index in [-0.39, 0.29) is 36.0 Å². The molecule has 1 aromatic heterocycles. The van der Waals surface area contributed by atoms with E-state index in [0.29, 0.717) is 12.4 Å². The summed E-state index contributed by atoms with van der Waals surface area (Å²) in [6.07, 6.45) is 8.75. The maximum Gasteiger partial charge on any atom is 0.273 e. The average molecular weight is 396 g/mol. The molecule has 29 heavy (non-hydrogen) atoms. The highest BCUT2D eigenvalue weighted by atomic mass is 16.5. The first-order chi connectivity index (χ1) is 14.2. The van der Waals surface area contributed by atoms with Crippen molar-refractivity contribution in [1.29, 1.82) is 0 Å². The quantitative estimate of drug-likeness (QED) is 0.501. The lowest BCUT2D eigenvalue weighted by atomic mass is 9.95. The zero-order valence-corrected chi connectivity index (χ0v) is 16.7. The van der Waals surface area contributed by atoms with Crippen LogP contribution in [-0.2, 0) is 11.2 Å². The van der Waals surface area contributed by atoms with Gasteiger partial charge in [-0.15, -0.1) is 16.8 Å². The highest BCUT2D eigenvalue weighted by Gasteiger charge is 2.16. The third kappa shape index (κ3) is 6.27. The molecule has 0 bridgehead atoms. The number of amides is 1. The van der Waals surface area contributed by atoms with E-state index in [1.165, 1.54) is 19.3 Å². The van der Waals surface area contributed by atoms with Gasteiger partial charge in [-0.25, -0.2) is 0 Å². The summed E-state index contributed by atoms with van der Waals surface area (Å²) in [6.45, 7) is 4.23. The summed E-state index contributed by atoms with van der Waals surface area (Å²) in [5.74, 6) is 1.10. The third-order valence-corrected chi connectivity index (χ3v) is 5.04. The summed E-state index contributed by atoms with van der Waals surface area (Å²) < 4.78 is 5.57. The Morgan fingerprint density at radius 3 is 2.66 bits per heavy atom. The van der Waals surface area contributed by atoms with Gasteiger partial charge >= 0.3 is 0 Å². The summed E-state index contributed by atoms with van der Waals surface area (Å²) in [6, 6.07) is 7.55. The molecular formula is C22H28N4O3. The van der Waals surface area contributed by atoms with Crippen LogP contribution in [0.5, 0.6) is 5.75 Å². The maximum absolute atomic E-state index is 12.3. The second-order valence-corrected chi connectivity index (χ2v) is 7.30. The van der Waals surface area contributed by atoms with Crippen LogP contribution >= 0.6 is 0 Å². The minimum atomic E-state index is -0.313. The number of nitrogens with zero attached hydrogens (tertiary/aromatic N) is 2. The number of aryl methyl sites for hydroxylation is 1. The Morgan fingerprint density at radius 1 is 1.21 bits per heavy atom. The fraction of sp³-hybridized carbons (Fsp3) is 0.455. The Balaban J connectivity index is 1.54. The van der Waals surface area contributed by atoms with Crippen molar-refractivity contribution in [3.63, 3.8) is 0 Å². The van der Waals surface area contributed by atoms with Crippen LogP contribution in [0.3, 0.4) is 0 Å². The zero-order valence-electron chi connectivity index (χ0n) is 16.7. The van der Waals surface area contributed by atoms with E-state index in [0.717, 1.165) is 30.6 Å². The minimum Gasteiger partial charge on any atom is -0.493 e. The van der Waals surface area contributed by atoms with Gasteiger partial charge in [-0.3, -0.25) is 9.59 Å². The van der Waals surface area contributed by atoms with E-state index in [1.54, 1.807) is 6.08 Å². The highest BCUT2D eigenvalue weighted by Crippen LogP contribution is 2.19. The Labute approximate surface area is 170 Å². The van der Waals surface area contributed by atoms with Crippen LogP contribution in [0.1, 0.15) is 50.6 Å². The largest absolute Gasteiger partial charge is 0.493 e. The van der Waals surface area contributed by atoms with Crippen molar-refractivity contribution in [3.8, 4) is 17.1 Å². The van der Waals surface area contributed by atoms with Crippen molar-refractivity contribution in [1.82, 2.24) is 20.5 Å². The van der Waals surface area contributed by atoms with Gasteiger partial charge < -0.3 is 15.0 Å². The van der Waals surface area contributed by atoms with Gasteiger partial charge in [0, 0.05) is 24.4 Å². The number of carbonyl (C=O) groups is 1. The molecule has 2 N–H and O–H groups in total. The summed E-state index contributed by atoms with van der Waals surface area (Å²) in [4.78, 5) is 27.2. The third-order valence-electron chi connectivity index (χ3n) is 5.04. The molecule has 1 fully saturated rings. The van der Waals surface area contributed by atoms with Crippen molar-refractivity contribution >= 4 is 5.91 Å². The van der Waals surface area contributed by atoms with Crippen molar-refractivity contribution < 1.29 is 9.53 Å². The predicted molar refractivity (Wildman–Crippen MR) is 112 cm³/mol. The molecule has 0 unspecified atom stereocenters. The van der Waals surface area contributed by atoms with Crippen molar-refractivity contribution in [2.24, 2.45) is 0 Å². The second kappa shape index (κ2) is 10.5. The number of nitrogens with one attached hydrogen (secondary N) is 2. The molecule has 0 aliphatic heterocycles. The lowest BCUT2D eigenvalue weighted by Crippen LogP contribution is -2.36. The van der Waals surface area contributed by atoms with E-state index >= 15 is 0 Å². The lowest BCUT2D eigenvalue weighted by Gasteiger charge is -2.22. The van der Waals surface area contributed by atoms with Crippen molar-refractivity contribution in [2.75, 3.05) is 6.61 Å². The molecule has 7 nitrogen and oxygen atoms in total. The molecule has 0 saturated heterocycles. The molecule has 1 aliphatic carbocycles. The first kappa shape index (κ1) is 20.8. The van der Waals surface area contributed by atoms with Gasteiger partial charge in [0.2, 0.25) is 5.91 Å². The van der Waals surface area contributed by atoms with E-state index < -0.39 is 0 Å². The molecule has 1 aromatic carbocycles. The molecule has 1 aliphatic rings. The predicted octanol–water partition coefficient (Wildman–Crippen LogP) is 3.17. The highest BCUT2D eigenvalue weighted by molar-refractivity contribution is 5.76. The molecule has 7 heteroatoms. The number of aromatic nitrogens is 3. The second-order valence-electron chi connectivity index (χ2n) is 7.30. The van der Waals surface area contributed by atoms with E-state index in [9.17, 15) is 9.59 Å². The number of ether oxygens (including phenoxy) is 1. The summed E-state index contributed by atoms with van der Waals surface area (Å²) in [5.41, 5.74) is 0.705. The van der Waals surface area contributed by atoms with Crippen molar-refractivity contribution in [3.05, 3.63) is 53.0 Å². The smallest absolute Gasteiger partial charge is 0.273 e. The van der Waals surface area contributed by atoms with Crippen molar-refractivity contribution in [2.45, 2.75) is 57.4 Å². The molecule has 0 atom stereocenters. The molecule has 3 rings (SSSR count). The zero-order chi connectivity index (χ0) is 20.5. The summed E-state index contributed by atoms with van der Waals surface area (Å²) >= 11 is 0. The van der Waals surface area contributed by atoms with Gasteiger partial charge in [0.05, 0.1) is 6.61 Å². The van der Waals surface area contributed by atoms with Gasteiger partial charge in [0.25, 0.3) is 5.56 Å². The van der Waals surface area contributed by atoms with Crippen LogP contribution in [0.2, 0.25) is 0 Å². The molecule has 1 amide bonds. The lowest BCUT2D eigenvalue weighted by molar-refractivity contribution is -0.122. The van der Waals surface area contributed by atoms with Gasteiger partial charge in [-0.2, -0.15) is 0 Å². The Morgan fingerprint density at radius 2 is 1.97 bits per heavy atom. The minimum absolute atomic E-state index is 0.0331. The standard InChI is InChI=1S/C22H28N4O3/c1-2-3-15-29-18-11-9-16(10-12-18)21-24-22(28)19(25-26-21)13-14-20(27)23-17-7-5-4-6-8-17/h2,9-12,17H,1,3-8,13-15H2,(H,23,27)(H,24,26,28). The van der Waals surface area contributed by atoms with Crippen LogP contribution in [0, 0.1) is 0 Å². The Bertz CT molecular complexity index is 870. The van der Waals surface area contributed by atoms with Crippen LogP contribution < -0.4 is 15.6 Å². The molecule has 154 valence electrons. The first-order valence-electron chi connectivity index (χ1n) is 10.2. The molecule has 1 saturated carbocycles. The number of rotatable bonds is 9. The maximum atomic E-state index is 12.3. The van der Waals surface area contributed by atoms with Gasteiger partial charge in [-0.05, 0) is 43.5 Å². The fourth-order valence-electron chi connectivity index (χ4n) is 3.40. The normalized spacial score (nSPS) is 14.3. The van der Waals surface area contributed by atoms with E-state index in [4.69, 9.17) is 4.74 Å². The Hall–Kier alpha value is -2.96. The topological polar surface area (TPSA) is 97.0 Å². The molecule has 0 spiro atoms. The van der Waals surface area contributed by atoms with Crippen LogP contribution in [-0.4, -0.2) is 33.7 Å². The number of hydrogen-bond donors (Lipinski definition) is 2. The van der Waals surface area contributed by atoms with Crippen LogP contribution in [0.15, 0.2) is 41.7 Å². The van der Waals surface area contributed by atoms with E-state index in [1.807, 2.05) is 24.3 Å². The van der Waals surface area contributed by atoms with Gasteiger partial charge in [0.1, 0.15) is 11.4 Å². The molecule has 1 heterocycles. The van der Waals surface area contributed by atoms with Crippen LogP contribution in [0.4, 0.5) is 0 Å². The monoisotopic (exact) mass is 396 g/mol. The number of benzene rings is 1. The fourth-order valence-corrected chi connectivity index (χ4v) is 3.40. The van der Waals surface area contributed by atoms with Gasteiger partial charge in [0.15, 0.2) is 5.82 Å². The Kier molecular flexibility index (Phi) is 7.55. The first-order valence-corrected chi connectivity index (χ1v) is 10.2. The van der Waals surface area contributed by atoms with Gasteiger partial charge in [-0.1, -0.05) is 25.3 Å². The molecule has 0 radical (unpaired) electrons. The van der Waals surface area contributed by atoms with Crippen LogP contribution in [0.25, 0.3) is 11.4 Å². The number of aromatic amines is 1. The number of H-pyrrole nitrogens is 1. The molecule has 2 aromatic rings. The SMILES string of the molecule is C=CCCOc1ccc(-c2nnc(CCC(=O)NC3CCCCC3)c(=O)[nH]2)cc1. The molecular weight excluding hydrogens is 368 g/mol. The average Bonchev–Trinajstić information content (AvgIpc) is 2.74. The number of hydrogen-bond acceptors (Lipinski definition) is 5.